The standard InChI is InChI=1S/C13H21NO4/c1-13(2,3)18-12(17)14-6-8-4-9(7-14)10(8)5-11(15)16/h8-10H,4-7H2,1-3H3,(H,15,16)/t8-,9+,10?. The summed E-state index contributed by atoms with van der Waals surface area (Å²) in [7, 11) is 0. The second kappa shape index (κ2) is 4.44. The molecule has 0 aromatic rings. The van der Waals surface area contributed by atoms with Crippen molar-refractivity contribution in [3.05, 3.63) is 0 Å². The van der Waals surface area contributed by atoms with Crippen LogP contribution in [0.4, 0.5) is 4.79 Å². The molecule has 1 amide bonds. The Morgan fingerprint density at radius 2 is 1.83 bits per heavy atom. The van der Waals surface area contributed by atoms with Gasteiger partial charge < -0.3 is 14.7 Å². The molecule has 3 fully saturated rings. The number of hydrogen-bond donors (Lipinski definition) is 1. The van der Waals surface area contributed by atoms with Crippen LogP contribution in [0.3, 0.4) is 0 Å². The van der Waals surface area contributed by atoms with Crippen molar-refractivity contribution in [2.45, 2.75) is 39.2 Å². The largest absolute Gasteiger partial charge is 0.481 e. The molecular weight excluding hydrogens is 234 g/mol. The summed E-state index contributed by atoms with van der Waals surface area (Å²) < 4.78 is 5.33. The fourth-order valence-corrected chi connectivity index (χ4v) is 3.00. The molecule has 0 spiro atoms. The number of fused-ring (bicyclic) bond motifs is 2. The van der Waals surface area contributed by atoms with Gasteiger partial charge >= 0.3 is 12.1 Å². The molecule has 0 radical (unpaired) electrons. The highest BCUT2D eigenvalue weighted by Gasteiger charge is 2.48. The van der Waals surface area contributed by atoms with E-state index >= 15 is 0 Å². The molecule has 3 rings (SSSR count). The van der Waals surface area contributed by atoms with E-state index < -0.39 is 11.6 Å². The van der Waals surface area contributed by atoms with Crippen LogP contribution in [0.5, 0.6) is 0 Å². The lowest BCUT2D eigenvalue weighted by Crippen LogP contribution is -2.57. The Labute approximate surface area is 107 Å². The molecule has 1 unspecified atom stereocenters. The van der Waals surface area contributed by atoms with Crippen LogP contribution in [0.15, 0.2) is 0 Å². The zero-order valence-corrected chi connectivity index (χ0v) is 11.2. The first-order valence-electron chi connectivity index (χ1n) is 6.46. The smallest absolute Gasteiger partial charge is 0.410 e. The summed E-state index contributed by atoms with van der Waals surface area (Å²) in [5.41, 5.74) is -0.473. The van der Waals surface area contributed by atoms with Gasteiger partial charge in [-0.25, -0.2) is 4.79 Å². The molecule has 2 aliphatic heterocycles. The Kier molecular flexibility index (Phi) is 3.25. The second-order valence-corrected chi connectivity index (χ2v) is 6.40. The fraction of sp³-hybridized carbons (Fsp3) is 0.846. The van der Waals surface area contributed by atoms with Crippen LogP contribution >= 0.6 is 0 Å². The summed E-state index contributed by atoms with van der Waals surface area (Å²) in [4.78, 5) is 24.4. The quantitative estimate of drug-likeness (QED) is 0.819. The van der Waals surface area contributed by atoms with E-state index in [1.807, 2.05) is 20.8 Å². The Balaban J connectivity index is 1.87. The molecule has 102 valence electrons. The highest BCUT2D eigenvalue weighted by atomic mass is 16.6. The van der Waals surface area contributed by atoms with Gasteiger partial charge in [0.2, 0.25) is 0 Å². The highest BCUT2D eigenvalue weighted by Crippen LogP contribution is 2.47. The maximum atomic E-state index is 11.9. The molecule has 5 nitrogen and oxygen atoms in total. The van der Waals surface area contributed by atoms with E-state index in [1.165, 1.54) is 0 Å². The number of carboxylic acids is 1. The van der Waals surface area contributed by atoms with Crippen LogP contribution in [0, 0.1) is 17.8 Å². The Morgan fingerprint density at radius 3 is 2.28 bits per heavy atom. The van der Waals surface area contributed by atoms with E-state index in [9.17, 15) is 9.59 Å². The van der Waals surface area contributed by atoms with Gasteiger partial charge in [-0.3, -0.25) is 4.79 Å². The third-order valence-electron chi connectivity index (χ3n) is 3.79. The van der Waals surface area contributed by atoms with Crippen LogP contribution in [-0.2, 0) is 9.53 Å². The Hall–Kier alpha value is -1.26. The van der Waals surface area contributed by atoms with Crippen molar-refractivity contribution in [1.82, 2.24) is 4.90 Å². The normalized spacial score (nSPS) is 30.6. The molecule has 1 N–H and O–H groups in total. The molecule has 1 aliphatic carbocycles. The van der Waals surface area contributed by atoms with Gasteiger partial charge in [0.15, 0.2) is 0 Å². The lowest BCUT2D eigenvalue weighted by atomic mass is 9.60. The van der Waals surface area contributed by atoms with E-state index in [1.54, 1.807) is 4.90 Å². The van der Waals surface area contributed by atoms with Gasteiger partial charge in [-0.05, 0) is 44.9 Å². The first-order valence-corrected chi connectivity index (χ1v) is 6.46. The third-order valence-corrected chi connectivity index (χ3v) is 3.79. The number of rotatable bonds is 2. The minimum Gasteiger partial charge on any atom is -0.481 e. The van der Waals surface area contributed by atoms with E-state index in [0.29, 0.717) is 24.9 Å². The fourth-order valence-electron chi connectivity index (χ4n) is 3.00. The molecule has 5 heteroatoms. The molecular formula is C13H21NO4. The number of ether oxygens (including phenoxy) is 1. The predicted octanol–water partition coefficient (Wildman–Crippen LogP) is 1.96. The van der Waals surface area contributed by atoms with Crippen molar-refractivity contribution in [2.75, 3.05) is 13.1 Å². The Morgan fingerprint density at radius 1 is 1.28 bits per heavy atom. The molecule has 2 bridgehead atoms. The summed E-state index contributed by atoms with van der Waals surface area (Å²) in [6.45, 7) is 6.83. The highest BCUT2D eigenvalue weighted by molar-refractivity contribution is 5.69. The van der Waals surface area contributed by atoms with E-state index in [0.717, 1.165) is 6.42 Å². The van der Waals surface area contributed by atoms with Gasteiger partial charge in [-0.1, -0.05) is 0 Å². The van der Waals surface area contributed by atoms with Crippen LogP contribution in [-0.4, -0.2) is 40.8 Å². The number of carbonyl (C=O) groups is 2. The summed E-state index contributed by atoms with van der Waals surface area (Å²) in [5, 5.41) is 8.83. The SMILES string of the molecule is CC(C)(C)OC(=O)N1C[C@H]2C[C@@H](C1)C2CC(=O)O. The molecule has 2 heterocycles. The van der Waals surface area contributed by atoms with Crippen LogP contribution < -0.4 is 0 Å². The molecule has 1 saturated carbocycles. The minimum atomic E-state index is -0.736. The summed E-state index contributed by atoms with van der Waals surface area (Å²) in [6.07, 6.45) is 1.01. The predicted molar refractivity (Wildman–Crippen MR) is 65.1 cm³/mol. The molecule has 2 saturated heterocycles. The van der Waals surface area contributed by atoms with E-state index in [2.05, 4.69) is 0 Å². The first kappa shape index (κ1) is 13.2. The van der Waals surface area contributed by atoms with E-state index in [-0.39, 0.29) is 18.4 Å². The zero-order chi connectivity index (χ0) is 13.5. The number of carboxylic acid groups (broad SMARTS) is 1. The Bertz CT molecular complexity index is 348. The van der Waals surface area contributed by atoms with Gasteiger partial charge in [0.25, 0.3) is 0 Å². The number of amides is 1. The molecule has 0 aromatic heterocycles. The summed E-state index contributed by atoms with van der Waals surface area (Å²) in [6, 6.07) is 0. The molecule has 0 aromatic carbocycles. The third kappa shape index (κ3) is 2.76. The van der Waals surface area contributed by atoms with Crippen LogP contribution in [0.25, 0.3) is 0 Å². The number of aliphatic carboxylic acids is 1. The van der Waals surface area contributed by atoms with E-state index in [4.69, 9.17) is 9.84 Å². The average Bonchev–Trinajstić information content (AvgIpc) is 2.23. The summed E-state index contributed by atoms with van der Waals surface area (Å²) in [5.74, 6) is 0.196. The van der Waals surface area contributed by atoms with Crippen molar-refractivity contribution >= 4 is 12.1 Å². The average molecular weight is 255 g/mol. The van der Waals surface area contributed by atoms with Crippen molar-refractivity contribution in [1.29, 1.82) is 0 Å². The maximum absolute atomic E-state index is 11.9. The van der Waals surface area contributed by atoms with Gasteiger partial charge in [0.1, 0.15) is 5.60 Å². The van der Waals surface area contributed by atoms with Gasteiger partial charge in [0, 0.05) is 19.5 Å². The van der Waals surface area contributed by atoms with Crippen molar-refractivity contribution in [3.63, 3.8) is 0 Å². The number of piperidine rings is 2. The van der Waals surface area contributed by atoms with Crippen molar-refractivity contribution in [3.8, 4) is 0 Å². The van der Waals surface area contributed by atoms with Crippen LogP contribution in [0.1, 0.15) is 33.6 Å². The second-order valence-electron chi connectivity index (χ2n) is 6.40. The first-order chi connectivity index (χ1) is 8.26. The lowest BCUT2D eigenvalue weighted by Gasteiger charge is -2.53. The topological polar surface area (TPSA) is 66.8 Å². The maximum Gasteiger partial charge on any atom is 0.410 e. The van der Waals surface area contributed by atoms with Gasteiger partial charge in [0.05, 0.1) is 0 Å². The number of hydrogen-bond acceptors (Lipinski definition) is 3. The van der Waals surface area contributed by atoms with Gasteiger partial charge in [-0.15, -0.1) is 0 Å². The lowest BCUT2D eigenvalue weighted by molar-refractivity contribution is -0.143. The van der Waals surface area contributed by atoms with Crippen LogP contribution in [0.2, 0.25) is 0 Å². The zero-order valence-electron chi connectivity index (χ0n) is 11.2. The minimum absolute atomic E-state index is 0.234. The number of nitrogens with zero attached hydrogens (tertiary/aromatic N) is 1. The van der Waals surface area contributed by atoms with Crippen molar-refractivity contribution in [2.24, 2.45) is 17.8 Å². The van der Waals surface area contributed by atoms with Gasteiger partial charge in [-0.2, -0.15) is 0 Å². The molecule has 18 heavy (non-hydrogen) atoms. The van der Waals surface area contributed by atoms with Crippen molar-refractivity contribution < 1.29 is 19.4 Å². The summed E-state index contributed by atoms with van der Waals surface area (Å²) >= 11 is 0. The molecule has 3 aliphatic rings. The molecule has 3 atom stereocenters. The monoisotopic (exact) mass is 255 g/mol. The number of carbonyl (C=O) groups excluding carboxylic acids is 1.